The van der Waals surface area contributed by atoms with Crippen molar-refractivity contribution in [1.82, 2.24) is 0 Å². The number of rotatable bonds is 5. The molecule has 0 radical (unpaired) electrons. The molecule has 0 aliphatic carbocycles. The highest BCUT2D eigenvalue weighted by atomic mass is 16.6. The summed E-state index contributed by atoms with van der Waals surface area (Å²) in [5.74, 6) is -0.330. The Morgan fingerprint density at radius 3 is 2.39 bits per heavy atom. The van der Waals surface area contributed by atoms with Crippen molar-refractivity contribution >= 4 is 17.6 Å². The van der Waals surface area contributed by atoms with Gasteiger partial charge >= 0.3 is 5.97 Å². The molecule has 0 fully saturated rings. The van der Waals surface area contributed by atoms with Crippen LogP contribution in [0, 0.1) is 13.8 Å². The molecule has 0 unspecified atom stereocenters. The second kappa shape index (κ2) is 7.56. The van der Waals surface area contributed by atoms with Crippen molar-refractivity contribution in [2.75, 3.05) is 19.0 Å². The third kappa shape index (κ3) is 4.66. The molecule has 0 spiro atoms. The molecule has 2 rings (SSSR count). The van der Waals surface area contributed by atoms with E-state index in [0.717, 1.165) is 16.8 Å². The van der Waals surface area contributed by atoms with Gasteiger partial charge in [0.25, 0.3) is 5.91 Å². The highest BCUT2D eigenvalue weighted by Crippen LogP contribution is 2.18. The first-order chi connectivity index (χ1) is 11.0. The van der Waals surface area contributed by atoms with E-state index < -0.39 is 5.97 Å². The van der Waals surface area contributed by atoms with Crippen LogP contribution in [0.25, 0.3) is 0 Å². The average molecular weight is 313 g/mol. The number of methoxy groups -OCH3 is 1. The van der Waals surface area contributed by atoms with Crippen LogP contribution in [-0.2, 0) is 9.53 Å². The third-order valence-corrected chi connectivity index (χ3v) is 3.25. The zero-order valence-electron chi connectivity index (χ0n) is 13.4. The molecule has 1 amide bonds. The normalized spacial score (nSPS) is 10.2. The van der Waals surface area contributed by atoms with Crippen LogP contribution < -0.4 is 10.1 Å². The van der Waals surface area contributed by atoms with Crippen LogP contribution in [0.5, 0.6) is 5.75 Å². The maximum Gasteiger partial charge on any atom is 0.337 e. The Bertz CT molecular complexity index is 707. The number of carbonyl (C=O) groups is 2. The van der Waals surface area contributed by atoms with Gasteiger partial charge in [-0.15, -0.1) is 0 Å². The lowest BCUT2D eigenvalue weighted by molar-refractivity contribution is -0.138. The van der Waals surface area contributed by atoms with E-state index in [1.807, 2.05) is 32.0 Å². The van der Waals surface area contributed by atoms with Crippen molar-refractivity contribution in [1.29, 1.82) is 0 Å². The molecule has 0 heterocycles. The zero-order chi connectivity index (χ0) is 16.8. The molecular weight excluding hydrogens is 294 g/mol. The summed E-state index contributed by atoms with van der Waals surface area (Å²) in [5, 5.41) is 2.88. The first-order valence-corrected chi connectivity index (χ1v) is 7.18. The van der Waals surface area contributed by atoms with Crippen LogP contribution in [0.1, 0.15) is 21.5 Å². The lowest BCUT2D eigenvalue weighted by Gasteiger charge is -2.10. The molecule has 0 aromatic heterocycles. The van der Waals surface area contributed by atoms with Crippen molar-refractivity contribution in [3.8, 4) is 5.75 Å². The van der Waals surface area contributed by atoms with Gasteiger partial charge in [0.2, 0.25) is 0 Å². The van der Waals surface area contributed by atoms with Gasteiger partial charge in [-0.1, -0.05) is 12.1 Å². The van der Waals surface area contributed by atoms with Gasteiger partial charge in [0.05, 0.1) is 0 Å². The molecule has 0 bridgehead atoms. The summed E-state index contributed by atoms with van der Waals surface area (Å²) in [7, 11) is 1.42. The van der Waals surface area contributed by atoms with Gasteiger partial charge in [-0.05, 0) is 55.3 Å². The largest absolute Gasteiger partial charge is 0.425 e. The van der Waals surface area contributed by atoms with Gasteiger partial charge < -0.3 is 14.8 Å². The van der Waals surface area contributed by atoms with E-state index in [2.05, 4.69) is 10.1 Å². The maximum absolute atomic E-state index is 12.3. The highest BCUT2D eigenvalue weighted by Gasteiger charge is 2.09. The monoisotopic (exact) mass is 313 g/mol. The van der Waals surface area contributed by atoms with E-state index in [0.29, 0.717) is 11.3 Å². The molecule has 0 aliphatic rings. The molecule has 2 aromatic carbocycles. The molecule has 23 heavy (non-hydrogen) atoms. The van der Waals surface area contributed by atoms with Gasteiger partial charge in [0.1, 0.15) is 12.4 Å². The van der Waals surface area contributed by atoms with Crippen LogP contribution in [0.3, 0.4) is 0 Å². The van der Waals surface area contributed by atoms with E-state index in [9.17, 15) is 9.59 Å². The van der Waals surface area contributed by atoms with Crippen molar-refractivity contribution in [2.24, 2.45) is 0 Å². The van der Waals surface area contributed by atoms with Crippen molar-refractivity contribution in [3.63, 3.8) is 0 Å². The number of nitrogens with one attached hydrogen (secondary N) is 1. The summed E-state index contributed by atoms with van der Waals surface area (Å²) in [6, 6.07) is 12.2. The number of amides is 1. The number of carbonyl (C=O) groups excluding carboxylic acids is 2. The standard InChI is InChI=1S/C18H19NO4/c1-12-4-5-13(2)16(10-12)19-18(21)14-6-8-15(9-7-14)23-17(20)11-22-3/h4-10H,11H2,1-3H3,(H,19,21). The lowest BCUT2D eigenvalue weighted by Crippen LogP contribution is -2.15. The van der Waals surface area contributed by atoms with Crippen molar-refractivity contribution < 1.29 is 19.1 Å². The van der Waals surface area contributed by atoms with Crippen LogP contribution in [0.4, 0.5) is 5.69 Å². The van der Waals surface area contributed by atoms with Gasteiger partial charge in [0, 0.05) is 18.4 Å². The topological polar surface area (TPSA) is 64.6 Å². The maximum atomic E-state index is 12.3. The first kappa shape index (κ1) is 16.7. The first-order valence-electron chi connectivity index (χ1n) is 7.18. The summed E-state index contributed by atoms with van der Waals surface area (Å²) in [6.45, 7) is 3.79. The zero-order valence-corrected chi connectivity index (χ0v) is 13.4. The van der Waals surface area contributed by atoms with Crippen molar-refractivity contribution in [3.05, 3.63) is 59.2 Å². The minimum absolute atomic E-state index is 0.116. The minimum Gasteiger partial charge on any atom is -0.425 e. The van der Waals surface area contributed by atoms with E-state index >= 15 is 0 Å². The summed E-state index contributed by atoms with van der Waals surface area (Å²) in [5.41, 5.74) is 3.34. The second-order valence-corrected chi connectivity index (χ2v) is 5.20. The molecule has 0 atom stereocenters. The summed E-state index contributed by atoms with van der Waals surface area (Å²) in [4.78, 5) is 23.6. The van der Waals surface area contributed by atoms with Crippen molar-refractivity contribution in [2.45, 2.75) is 13.8 Å². The van der Waals surface area contributed by atoms with E-state index in [1.54, 1.807) is 24.3 Å². The predicted octanol–water partition coefficient (Wildman–Crippen LogP) is 3.11. The van der Waals surface area contributed by atoms with Crippen LogP contribution in [0.15, 0.2) is 42.5 Å². The molecule has 120 valence electrons. The van der Waals surface area contributed by atoms with Crippen LogP contribution in [0.2, 0.25) is 0 Å². The van der Waals surface area contributed by atoms with E-state index in [1.165, 1.54) is 7.11 Å². The Kier molecular flexibility index (Phi) is 5.49. The average Bonchev–Trinajstić information content (AvgIpc) is 2.52. The third-order valence-electron chi connectivity index (χ3n) is 3.25. The predicted molar refractivity (Wildman–Crippen MR) is 87.8 cm³/mol. The molecular formula is C18H19NO4. The molecule has 1 N–H and O–H groups in total. The van der Waals surface area contributed by atoms with Gasteiger partial charge in [-0.25, -0.2) is 4.79 Å². The molecule has 2 aromatic rings. The second-order valence-electron chi connectivity index (χ2n) is 5.20. The summed E-state index contributed by atoms with van der Waals surface area (Å²) in [6.07, 6.45) is 0. The Morgan fingerprint density at radius 2 is 1.74 bits per heavy atom. The highest BCUT2D eigenvalue weighted by molar-refractivity contribution is 6.04. The quantitative estimate of drug-likeness (QED) is 0.680. The molecule has 5 heteroatoms. The van der Waals surface area contributed by atoms with E-state index in [-0.39, 0.29) is 12.5 Å². The number of anilines is 1. The fraction of sp³-hybridized carbons (Fsp3) is 0.222. The van der Waals surface area contributed by atoms with Gasteiger partial charge in [0.15, 0.2) is 0 Å². The number of hydrogen-bond donors (Lipinski definition) is 1. The Hall–Kier alpha value is -2.66. The fourth-order valence-corrected chi connectivity index (χ4v) is 2.02. The van der Waals surface area contributed by atoms with Crippen LogP contribution >= 0.6 is 0 Å². The molecule has 0 saturated carbocycles. The number of aryl methyl sites for hydroxylation is 2. The molecule has 0 saturated heterocycles. The van der Waals surface area contributed by atoms with E-state index in [4.69, 9.17) is 4.74 Å². The Balaban J connectivity index is 2.05. The van der Waals surface area contributed by atoms with Gasteiger partial charge in [-0.2, -0.15) is 0 Å². The summed E-state index contributed by atoms with van der Waals surface area (Å²) < 4.78 is 9.73. The fourth-order valence-electron chi connectivity index (χ4n) is 2.02. The summed E-state index contributed by atoms with van der Waals surface area (Å²) >= 11 is 0. The number of benzene rings is 2. The lowest BCUT2D eigenvalue weighted by atomic mass is 10.1. The smallest absolute Gasteiger partial charge is 0.337 e. The Morgan fingerprint density at radius 1 is 1.04 bits per heavy atom. The molecule has 5 nitrogen and oxygen atoms in total. The van der Waals surface area contributed by atoms with Gasteiger partial charge in [-0.3, -0.25) is 4.79 Å². The number of ether oxygens (including phenoxy) is 2. The number of esters is 1. The Labute approximate surface area is 135 Å². The number of hydrogen-bond acceptors (Lipinski definition) is 4. The minimum atomic E-state index is -0.486. The molecule has 0 aliphatic heterocycles. The van der Waals surface area contributed by atoms with Crippen LogP contribution in [-0.4, -0.2) is 25.6 Å². The SMILES string of the molecule is COCC(=O)Oc1ccc(C(=O)Nc2cc(C)ccc2C)cc1.